The highest BCUT2D eigenvalue weighted by molar-refractivity contribution is 5.95. The Morgan fingerprint density at radius 1 is 1.04 bits per heavy atom. The van der Waals surface area contributed by atoms with Crippen molar-refractivity contribution in [3.8, 4) is 17.2 Å². The number of hydrogen-bond acceptors (Lipinski definition) is 5. The Kier molecular flexibility index (Phi) is 5.89. The number of carbonyl (C=O) groups is 2. The van der Waals surface area contributed by atoms with Crippen molar-refractivity contribution in [1.82, 2.24) is 10.2 Å². The smallest absolute Gasteiger partial charge is 0.254 e. The zero-order valence-corrected chi connectivity index (χ0v) is 14.5. The van der Waals surface area contributed by atoms with Crippen molar-refractivity contribution < 1.29 is 23.8 Å². The second-order valence-electron chi connectivity index (χ2n) is 5.68. The molecule has 7 nitrogen and oxygen atoms in total. The standard InChI is InChI=1S/C17H24N2O5/c1-11(20)18-13-5-7-19(8-6-13)17(21)12-9-14(22-2)16(24-4)15(10-12)23-3/h9-10,13H,5-8H2,1-4H3,(H,18,20). The van der Waals surface area contributed by atoms with Crippen molar-refractivity contribution >= 4 is 11.8 Å². The summed E-state index contributed by atoms with van der Waals surface area (Å²) in [5, 5.41) is 2.90. The molecule has 0 bridgehead atoms. The number of carbonyl (C=O) groups excluding carboxylic acids is 2. The van der Waals surface area contributed by atoms with Crippen LogP contribution in [0, 0.1) is 0 Å². The lowest BCUT2D eigenvalue weighted by Crippen LogP contribution is -2.46. The molecule has 0 saturated carbocycles. The van der Waals surface area contributed by atoms with Gasteiger partial charge in [-0.1, -0.05) is 0 Å². The van der Waals surface area contributed by atoms with Gasteiger partial charge < -0.3 is 24.4 Å². The number of likely N-dealkylation sites (tertiary alicyclic amines) is 1. The Balaban J connectivity index is 2.14. The molecule has 1 aliphatic heterocycles. The number of ether oxygens (including phenoxy) is 3. The zero-order chi connectivity index (χ0) is 17.7. The van der Waals surface area contributed by atoms with Gasteiger partial charge >= 0.3 is 0 Å². The highest BCUT2D eigenvalue weighted by atomic mass is 16.5. The Labute approximate surface area is 141 Å². The second kappa shape index (κ2) is 7.90. The molecule has 0 aliphatic carbocycles. The van der Waals surface area contributed by atoms with Crippen LogP contribution in [0.25, 0.3) is 0 Å². The SMILES string of the molecule is COc1cc(C(=O)N2CCC(NC(C)=O)CC2)cc(OC)c1OC. The maximum absolute atomic E-state index is 12.8. The molecule has 0 radical (unpaired) electrons. The third kappa shape index (κ3) is 3.90. The van der Waals surface area contributed by atoms with Gasteiger partial charge in [0.05, 0.1) is 21.3 Å². The Bertz CT molecular complexity index is 584. The van der Waals surface area contributed by atoms with Crippen LogP contribution in [0.15, 0.2) is 12.1 Å². The van der Waals surface area contributed by atoms with E-state index in [1.807, 2.05) is 0 Å². The van der Waals surface area contributed by atoms with E-state index in [2.05, 4.69) is 5.32 Å². The van der Waals surface area contributed by atoms with Crippen LogP contribution in [0.4, 0.5) is 0 Å². The van der Waals surface area contributed by atoms with Gasteiger partial charge in [-0.05, 0) is 25.0 Å². The molecule has 1 aliphatic rings. The van der Waals surface area contributed by atoms with Crippen LogP contribution in [-0.2, 0) is 4.79 Å². The van der Waals surface area contributed by atoms with Gasteiger partial charge in [0.2, 0.25) is 11.7 Å². The monoisotopic (exact) mass is 336 g/mol. The van der Waals surface area contributed by atoms with E-state index < -0.39 is 0 Å². The predicted octanol–water partition coefficient (Wildman–Crippen LogP) is 1.45. The molecule has 0 atom stereocenters. The van der Waals surface area contributed by atoms with E-state index in [-0.39, 0.29) is 17.9 Å². The fraction of sp³-hybridized carbons (Fsp3) is 0.529. The third-order valence-corrected chi connectivity index (χ3v) is 4.10. The van der Waals surface area contributed by atoms with E-state index in [9.17, 15) is 9.59 Å². The van der Waals surface area contributed by atoms with Crippen molar-refractivity contribution in [2.45, 2.75) is 25.8 Å². The van der Waals surface area contributed by atoms with Crippen LogP contribution in [0.3, 0.4) is 0 Å². The number of nitrogens with one attached hydrogen (secondary N) is 1. The Morgan fingerprint density at radius 2 is 1.58 bits per heavy atom. The van der Waals surface area contributed by atoms with Crippen LogP contribution >= 0.6 is 0 Å². The van der Waals surface area contributed by atoms with Crippen LogP contribution in [0.2, 0.25) is 0 Å². The minimum atomic E-state index is -0.0875. The summed E-state index contributed by atoms with van der Waals surface area (Å²) in [5.74, 6) is 1.24. The molecule has 1 fully saturated rings. The fourth-order valence-corrected chi connectivity index (χ4v) is 2.90. The minimum Gasteiger partial charge on any atom is -0.493 e. The molecule has 1 heterocycles. The average molecular weight is 336 g/mol. The Hall–Kier alpha value is -2.44. The highest BCUT2D eigenvalue weighted by Gasteiger charge is 2.26. The molecule has 1 aromatic rings. The number of amides is 2. The lowest BCUT2D eigenvalue weighted by atomic mass is 10.0. The van der Waals surface area contributed by atoms with Crippen molar-refractivity contribution in [1.29, 1.82) is 0 Å². The largest absolute Gasteiger partial charge is 0.493 e. The van der Waals surface area contributed by atoms with E-state index in [4.69, 9.17) is 14.2 Å². The Morgan fingerprint density at radius 3 is 2.00 bits per heavy atom. The van der Waals surface area contributed by atoms with Gasteiger partial charge in [0.15, 0.2) is 11.5 Å². The molecule has 2 rings (SSSR count). The average Bonchev–Trinajstić information content (AvgIpc) is 2.59. The van der Waals surface area contributed by atoms with Crippen LogP contribution in [0.1, 0.15) is 30.1 Å². The molecular formula is C17H24N2O5. The van der Waals surface area contributed by atoms with E-state index in [0.29, 0.717) is 35.9 Å². The summed E-state index contributed by atoms with van der Waals surface area (Å²) in [4.78, 5) is 25.6. The number of piperidine rings is 1. The van der Waals surface area contributed by atoms with Crippen molar-refractivity contribution in [3.63, 3.8) is 0 Å². The normalized spacial score (nSPS) is 14.9. The first-order valence-electron chi connectivity index (χ1n) is 7.86. The molecule has 1 N–H and O–H groups in total. The number of hydrogen-bond donors (Lipinski definition) is 1. The molecule has 132 valence electrons. The van der Waals surface area contributed by atoms with E-state index in [1.54, 1.807) is 17.0 Å². The molecule has 2 amide bonds. The molecule has 7 heteroatoms. The van der Waals surface area contributed by atoms with Gasteiger partial charge in [0.25, 0.3) is 5.91 Å². The molecule has 1 aromatic carbocycles. The first-order chi connectivity index (χ1) is 11.5. The number of methoxy groups -OCH3 is 3. The second-order valence-corrected chi connectivity index (χ2v) is 5.68. The predicted molar refractivity (Wildman–Crippen MR) is 88.8 cm³/mol. The summed E-state index contributed by atoms with van der Waals surface area (Å²) in [5.41, 5.74) is 0.488. The summed E-state index contributed by atoms with van der Waals surface area (Å²) in [7, 11) is 4.56. The molecule has 0 spiro atoms. The fourth-order valence-electron chi connectivity index (χ4n) is 2.90. The van der Waals surface area contributed by atoms with Gasteiger partial charge in [-0.25, -0.2) is 0 Å². The molecule has 1 saturated heterocycles. The number of benzene rings is 1. The zero-order valence-electron chi connectivity index (χ0n) is 14.5. The number of nitrogens with zero attached hydrogens (tertiary/aromatic N) is 1. The summed E-state index contributed by atoms with van der Waals surface area (Å²) < 4.78 is 15.9. The van der Waals surface area contributed by atoms with Crippen LogP contribution in [0.5, 0.6) is 17.2 Å². The van der Waals surface area contributed by atoms with Crippen molar-refractivity contribution in [2.24, 2.45) is 0 Å². The lowest BCUT2D eigenvalue weighted by Gasteiger charge is -2.32. The summed E-state index contributed by atoms with van der Waals surface area (Å²) in [6.07, 6.45) is 1.49. The summed E-state index contributed by atoms with van der Waals surface area (Å²) in [6, 6.07) is 3.44. The number of rotatable bonds is 5. The third-order valence-electron chi connectivity index (χ3n) is 4.10. The van der Waals surface area contributed by atoms with E-state index in [0.717, 1.165) is 12.8 Å². The maximum Gasteiger partial charge on any atom is 0.254 e. The van der Waals surface area contributed by atoms with Crippen LogP contribution in [-0.4, -0.2) is 57.2 Å². The summed E-state index contributed by atoms with van der Waals surface area (Å²) in [6.45, 7) is 2.70. The quantitative estimate of drug-likeness (QED) is 0.881. The van der Waals surface area contributed by atoms with Gasteiger partial charge in [-0.2, -0.15) is 0 Å². The summed E-state index contributed by atoms with van der Waals surface area (Å²) >= 11 is 0. The topological polar surface area (TPSA) is 77.1 Å². The van der Waals surface area contributed by atoms with Crippen molar-refractivity contribution in [2.75, 3.05) is 34.4 Å². The van der Waals surface area contributed by atoms with E-state index >= 15 is 0 Å². The van der Waals surface area contributed by atoms with E-state index in [1.165, 1.54) is 28.3 Å². The molecular weight excluding hydrogens is 312 g/mol. The first-order valence-corrected chi connectivity index (χ1v) is 7.86. The first kappa shape index (κ1) is 17.9. The van der Waals surface area contributed by atoms with Gasteiger partial charge in [0, 0.05) is 31.6 Å². The lowest BCUT2D eigenvalue weighted by molar-refractivity contribution is -0.119. The molecule has 24 heavy (non-hydrogen) atoms. The van der Waals surface area contributed by atoms with Crippen LogP contribution < -0.4 is 19.5 Å². The highest BCUT2D eigenvalue weighted by Crippen LogP contribution is 2.38. The van der Waals surface area contributed by atoms with Gasteiger partial charge in [-0.3, -0.25) is 9.59 Å². The molecule has 0 aromatic heterocycles. The van der Waals surface area contributed by atoms with Gasteiger partial charge in [-0.15, -0.1) is 0 Å². The van der Waals surface area contributed by atoms with Gasteiger partial charge in [0.1, 0.15) is 0 Å². The minimum absolute atomic E-state index is 0.0376. The van der Waals surface area contributed by atoms with Crippen molar-refractivity contribution in [3.05, 3.63) is 17.7 Å². The maximum atomic E-state index is 12.8. The molecule has 0 unspecified atom stereocenters.